The number of carbonyl (C=O) groups excluding carboxylic acids is 1. The molecule has 0 bridgehead atoms. The molecule has 0 saturated carbocycles. The van der Waals surface area contributed by atoms with E-state index in [1.807, 2.05) is 29.7 Å². The Morgan fingerprint density at radius 2 is 2.38 bits per heavy atom. The van der Waals surface area contributed by atoms with Crippen LogP contribution in [0, 0.1) is 0 Å². The molecule has 1 aromatic carbocycles. The Balaban J connectivity index is 2.50. The van der Waals surface area contributed by atoms with Gasteiger partial charge in [-0.15, -0.1) is 0 Å². The lowest BCUT2D eigenvalue weighted by molar-refractivity contribution is 0.140. The fourth-order valence-electron chi connectivity index (χ4n) is 0.817. The first kappa shape index (κ1) is 10.0. The van der Waals surface area contributed by atoms with Gasteiger partial charge in [-0.3, -0.25) is 5.43 Å². The second-order valence-electron chi connectivity index (χ2n) is 2.35. The van der Waals surface area contributed by atoms with E-state index in [0.29, 0.717) is 0 Å². The Bertz CT molecular complexity index is 304. The molecule has 0 aliphatic carbocycles. The number of rotatable bonds is 2. The Labute approximate surface area is 84.2 Å². The fourth-order valence-corrected chi connectivity index (χ4v) is 1.26. The number of hydrogen-bond acceptors (Lipinski definition) is 3. The largest absolute Gasteiger partial charge is 0.444 e. The van der Waals surface area contributed by atoms with Crippen molar-refractivity contribution in [2.75, 3.05) is 0 Å². The first-order chi connectivity index (χ1) is 6.22. The number of hydrazine groups is 1. The van der Waals surface area contributed by atoms with Crippen LogP contribution < -0.4 is 11.3 Å². The van der Waals surface area contributed by atoms with Gasteiger partial charge in [0.05, 0.1) is 0 Å². The molecule has 0 aliphatic heterocycles. The van der Waals surface area contributed by atoms with Crippen molar-refractivity contribution in [3.63, 3.8) is 0 Å². The molecule has 1 amide bonds. The molecule has 0 heterocycles. The van der Waals surface area contributed by atoms with Gasteiger partial charge in [0.25, 0.3) is 0 Å². The molecule has 0 unspecified atom stereocenters. The van der Waals surface area contributed by atoms with Crippen molar-refractivity contribution >= 4 is 22.0 Å². The normalized spacial score (nSPS) is 9.38. The Morgan fingerprint density at radius 3 is 3.00 bits per heavy atom. The molecule has 4 nitrogen and oxygen atoms in total. The Kier molecular flexibility index (Phi) is 3.72. The fraction of sp³-hybridized carbons (Fsp3) is 0.125. The number of carbonyl (C=O) groups is 1. The predicted molar refractivity (Wildman–Crippen MR) is 51.7 cm³/mol. The summed E-state index contributed by atoms with van der Waals surface area (Å²) in [5.41, 5.74) is 2.78. The van der Waals surface area contributed by atoms with Crippen LogP contribution in [0.5, 0.6) is 0 Å². The minimum absolute atomic E-state index is 0.211. The number of halogens is 1. The van der Waals surface area contributed by atoms with Gasteiger partial charge in [-0.05, 0) is 17.7 Å². The van der Waals surface area contributed by atoms with Crippen LogP contribution in [0.2, 0.25) is 0 Å². The first-order valence-electron chi connectivity index (χ1n) is 3.60. The SMILES string of the molecule is NNC(=O)OCc1cccc(Br)c1. The van der Waals surface area contributed by atoms with Gasteiger partial charge in [-0.1, -0.05) is 28.1 Å². The molecule has 0 radical (unpaired) electrons. The summed E-state index contributed by atoms with van der Waals surface area (Å²) in [4.78, 5) is 10.6. The molecule has 1 aromatic rings. The van der Waals surface area contributed by atoms with Crippen molar-refractivity contribution in [2.45, 2.75) is 6.61 Å². The number of hydrogen-bond donors (Lipinski definition) is 2. The van der Waals surface area contributed by atoms with Crippen LogP contribution in [-0.2, 0) is 11.3 Å². The number of benzene rings is 1. The highest BCUT2D eigenvalue weighted by atomic mass is 79.9. The zero-order valence-corrected chi connectivity index (χ0v) is 8.37. The number of amides is 1. The monoisotopic (exact) mass is 244 g/mol. The summed E-state index contributed by atoms with van der Waals surface area (Å²) in [6.45, 7) is 0.211. The zero-order valence-electron chi connectivity index (χ0n) is 6.79. The standard InChI is InChI=1S/C8H9BrN2O2/c9-7-3-1-2-6(4-7)5-13-8(12)11-10/h1-4H,5,10H2,(H,11,12). The van der Waals surface area contributed by atoms with Crippen LogP contribution >= 0.6 is 15.9 Å². The molecule has 0 fully saturated rings. The molecule has 0 aliphatic rings. The lowest BCUT2D eigenvalue weighted by atomic mass is 10.2. The zero-order chi connectivity index (χ0) is 9.68. The van der Waals surface area contributed by atoms with Crippen LogP contribution in [0.1, 0.15) is 5.56 Å². The van der Waals surface area contributed by atoms with E-state index in [4.69, 9.17) is 10.6 Å². The van der Waals surface area contributed by atoms with Crippen molar-refractivity contribution < 1.29 is 9.53 Å². The van der Waals surface area contributed by atoms with Gasteiger partial charge in [-0.2, -0.15) is 0 Å². The summed E-state index contributed by atoms with van der Waals surface area (Å²) in [6.07, 6.45) is -0.639. The molecule has 0 spiro atoms. The van der Waals surface area contributed by atoms with E-state index in [1.165, 1.54) is 0 Å². The van der Waals surface area contributed by atoms with Gasteiger partial charge in [0.1, 0.15) is 6.61 Å². The van der Waals surface area contributed by atoms with Crippen molar-refractivity contribution in [3.8, 4) is 0 Å². The van der Waals surface area contributed by atoms with E-state index in [1.54, 1.807) is 0 Å². The van der Waals surface area contributed by atoms with Crippen molar-refractivity contribution in [3.05, 3.63) is 34.3 Å². The van der Waals surface area contributed by atoms with Crippen LogP contribution in [0.25, 0.3) is 0 Å². The number of nitrogens with two attached hydrogens (primary N) is 1. The highest BCUT2D eigenvalue weighted by Crippen LogP contribution is 2.12. The molecule has 13 heavy (non-hydrogen) atoms. The van der Waals surface area contributed by atoms with Gasteiger partial charge in [0.15, 0.2) is 0 Å². The third kappa shape index (κ3) is 3.43. The minimum Gasteiger partial charge on any atom is -0.444 e. The summed E-state index contributed by atoms with van der Waals surface area (Å²) >= 11 is 3.31. The average molecular weight is 245 g/mol. The molecule has 0 saturated heterocycles. The van der Waals surface area contributed by atoms with E-state index in [0.717, 1.165) is 10.0 Å². The van der Waals surface area contributed by atoms with Crippen LogP contribution in [0.15, 0.2) is 28.7 Å². The molecule has 0 atom stereocenters. The number of ether oxygens (including phenoxy) is 1. The van der Waals surface area contributed by atoms with E-state index in [2.05, 4.69) is 15.9 Å². The lowest BCUT2D eigenvalue weighted by Crippen LogP contribution is -2.30. The van der Waals surface area contributed by atoms with Crippen LogP contribution in [0.4, 0.5) is 4.79 Å². The van der Waals surface area contributed by atoms with Gasteiger partial charge < -0.3 is 4.74 Å². The lowest BCUT2D eigenvalue weighted by Gasteiger charge is -2.03. The minimum atomic E-state index is -0.639. The molecular weight excluding hydrogens is 236 g/mol. The van der Waals surface area contributed by atoms with Gasteiger partial charge in [-0.25, -0.2) is 10.6 Å². The first-order valence-corrected chi connectivity index (χ1v) is 4.39. The van der Waals surface area contributed by atoms with E-state index >= 15 is 0 Å². The molecule has 70 valence electrons. The average Bonchev–Trinajstić information content (AvgIpc) is 2.14. The quantitative estimate of drug-likeness (QED) is 0.472. The number of nitrogens with one attached hydrogen (secondary N) is 1. The van der Waals surface area contributed by atoms with Gasteiger partial charge >= 0.3 is 6.09 Å². The maximum atomic E-state index is 10.6. The van der Waals surface area contributed by atoms with Gasteiger partial charge in [0.2, 0.25) is 0 Å². The summed E-state index contributed by atoms with van der Waals surface area (Å²) in [7, 11) is 0. The maximum Gasteiger partial charge on any atom is 0.421 e. The highest BCUT2D eigenvalue weighted by molar-refractivity contribution is 9.10. The second kappa shape index (κ2) is 4.84. The summed E-state index contributed by atoms with van der Waals surface area (Å²) < 4.78 is 5.68. The van der Waals surface area contributed by atoms with Gasteiger partial charge in [0, 0.05) is 4.47 Å². The summed E-state index contributed by atoms with van der Waals surface area (Å²) in [5, 5.41) is 0. The van der Waals surface area contributed by atoms with Crippen LogP contribution in [0.3, 0.4) is 0 Å². The smallest absolute Gasteiger partial charge is 0.421 e. The maximum absolute atomic E-state index is 10.6. The molecule has 0 aromatic heterocycles. The van der Waals surface area contributed by atoms with E-state index in [9.17, 15) is 4.79 Å². The molecular formula is C8H9BrN2O2. The summed E-state index contributed by atoms with van der Waals surface area (Å²) in [5.74, 6) is 4.83. The Hall–Kier alpha value is -1.07. The van der Waals surface area contributed by atoms with E-state index < -0.39 is 6.09 Å². The third-order valence-corrected chi connectivity index (χ3v) is 1.87. The molecule has 3 N–H and O–H groups in total. The van der Waals surface area contributed by atoms with Crippen LogP contribution in [-0.4, -0.2) is 6.09 Å². The van der Waals surface area contributed by atoms with Crippen molar-refractivity contribution in [1.82, 2.24) is 5.43 Å². The molecule has 5 heteroatoms. The summed E-state index contributed by atoms with van der Waals surface area (Å²) in [6, 6.07) is 7.48. The highest BCUT2D eigenvalue weighted by Gasteiger charge is 1.99. The van der Waals surface area contributed by atoms with Crippen molar-refractivity contribution in [1.29, 1.82) is 0 Å². The van der Waals surface area contributed by atoms with Crippen molar-refractivity contribution in [2.24, 2.45) is 5.84 Å². The van der Waals surface area contributed by atoms with E-state index in [-0.39, 0.29) is 6.61 Å². The second-order valence-corrected chi connectivity index (χ2v) is 3.27. The Morgan fingerprint density at radius 1 is 1.62 bits per heavy atom. The molecule has 1 rings (SSSR count). The third-order valence-electron chi connectivity index (χ3n) is 1.38. The predicted octanol–water partition coefficient (Wildman–Crippen LogP) is 1.55. The topological polar surface area (TPSA) is 64.3 Å².